The number of hydrogen-bond donors (Lipinski definition) is 1. The van der Waals surface area contributed by atoms with Crippen LogP contribution < -0.4 is 0 Å². The normalized spacial score (nSPS) is 11.2. The minimum absolute atomic E-state index is 0.245. The zero-order chi connectivity index (χ0) is 15.8. The van der Waals surface area contributed by atoms with Gasteiger partial charge in [-0.05, 0) is 36.4 Å². The molecule has 0 aliphatic heterocycles. The van der Waals surface area contributed by atoms with E-state index in [0.29, 0.717) is 0 Å². The molecule has 0 fully saturated rings. The van der Waals surface area contributed by atoms with Crippen molar-refractivity contribution in [2.45, 2.75) is 13.3 Å². The van der Waals surface area contributed by atoms with Crippen LogP contribution in [0.15, 0.2) is 55.0 Å². The number of H-pyrrole nitrogens is 1. The Morgan fingerprint density at radius 1 is 1.09 bits per heavy atom. The smallest absolute Gasteiger partial charge is 0.136 e. The first-order valence-electron chi connectivity index (χ1n) is 7.52. The summed E-state index contributed by atoms with van der Waals surface area (Å²) in [6.45, 7) is 2.05. The van der Waals surface area contributed by atoms with E-state index in [1.54, 1.807) is 18.3 Å². The molecule has 3 aromatic heterocycles. The fourth-order valence-electron chi connectivity index (χ4n) is 2.68. The van der Waals surface area contributed by atoms with Crippen LogP contribution in [0.3, 0.4) is 0 Å². The minimum atomic E-state index is -0.245. The Labute approximate surface area is 132 Å². The summed E-state index contributed by atoms with van der Waals surface area (Å²) < 4.78 is 15.2. The van der Waals surface area contributed by atoms with Gasteiger partial charge in [-0.1, -0.05) is 6.92 Å². The van der Waals surface area contributed by atoms with Gasteiger partial charge in [-0.15, -0.1) is 0 Å². The molecule has 4 rings (SSSR count). The van der Waals surface area contributed by atoms with E-state index >= 15 is 0 Å². The maximum absolute atomic E-state index is 13.2. The van der Waals surface area contributed by atoms with E-state index in [1.165, 1.54) is 12.1 Å². The predicted molar refractivity (Wildman–Crippen MR) is 87.5 cm³/mol. The summed E-state index contributed by atoms with van der Waals surface area (Å²) in [6.07, 6.45) is 6.48. The molecule has 3 heterocycles. The number of aromatic nitrogens is 4. The van der Waals surface area contributed by atoms with E-state index < -0.39 is 0 Å². The molecule has 0 amide bonds. The highest BCUT2D eigenvalue weighted by atomic mass is 19.1. The number of pyridine rings is 1. The average molecular weight is 306 g/mol. The largest absolute Gasteiger partial charge is 0.341 e. The fourth-order valence-corrected chi connectivity index (χ4v) is 2.68. The quantitative estimate of drug-likeness (QED) is 0.619. The Kier molecular flexibility index (Phi) is 3.19. The summed E-state index contributed by atoms with van der Waals surface area (Å²) in [7, 11) is 0. The predicted octanol–water partition coefficient (Wildman–Crippen LogP) is 4.09. The zero-order valence-corrected chi connectivity index (χ0v) is 12.6. The number of halogens is 1. The standard InChI is InChI=1S/C18H15FN4/c1-2-15-21-17(12-3-6-14(19)7-4-12)18(22-15)13-5-8-16-20-9-10-23(16)11-13/h3-11H,2H2,1H3,(H,21,22). The molecular weight excluding hydrogens is 291 g/mol. The van der Waals surface area contributed by atoms with Crippen LogP contribution >= 0.6 is 0 Å². The molecule has 4 nitrogen and oxygen atoms in total. The van der Waals surface area contributed by atoms with Gasteiger partial charge in [0.15, 0.2) is 0 Å². The van der Waals surface area contributed by atoms with Gasteiger partial charge in [0.1, 0.15) is 17.3 Å². The van der Waals surface area contributed by atoms with Gasteiger partial charge in [0.2, 0.25) is 0 Å². The molecule has 0 saturated carbocycles. The Balaban J connectivity index is 1.89. The van der Waals surface area contributed by atoms with Gasteiger partial charge in [-0.2, -0.15) is 0 Å². The first kappa shape index (κ1) is 13.7. The van der Waals surface area contributed by atoms with Crippen LogP contribution in [0.5, 0.6) is 0 Å². The molecule has 4 aromatic rings. The van der Waals surface area contributed by atoms with Crippen molar-refractivity contribution in [1.82, 2.24) is 19.4 Å². The summed E-state index contributed by atoms with van der Waals surface area (Å²) in [4.78, 5) is 12.3. The second-order valence-electron chi connectivity index (χ2n) is 5.38. The van der Waals surface area contributed by atoms with Crippen LogP contribution in [0.1, 0.15) is 12.7 Å². The van der Waals surface area contributed by atoms with E-state index in [9.17, 15) is 4.39 Å². The van der Waals surface area contributed by atoms with E-state index in [-0.39, 0.29) is 5.82 Å². The van der Waals surface area contributed by atoms with Gasteiger partial charge >= 0.3 is 0 Å². The first-order valence-corrected chi connectivity index (χ1v) is 7.52. The third-order valence-electron chi connectivity index (χ3n) is 3.88. The Morgan fingerprint density at radius 2 is 1.87 bits per heavy atom. The van der Waals surface area contributed by atoms with Crippen molar-refractivity contribution >= 4 is 5.65 Å². The van der Waals surface area contributed by atoms with Crippen LogP contribution in [-0.2, 0) is 6.42 Å². The number of aryl methyl sites for hydroxylation is 1. The van der Waals surface area contributed by atoms with Gasteiger partial charge in [0.25, 0.3) is 0 Å². The molecule has 0 unspecified atom stereocenters. The van der Waals surface area contributed by atoms with E-state index in [2.05, 4.69) is 16.9 Å². The Morgan fingerprint density at radius 3 is 2.65 bits per heavy atom. The number of nitrogens with one attached hydrogen (secondary N) is 1. The van der Waals surface area contributed by atoms with Crippen LogP contribution in [0.2, 0.25) is 0 Å². The van der Waals surface area contributed by atoms with Crippen LogP contribution in [0.25, 0.3) is 28.2 Å². The molecule has 1 aromatic carbocycles. The first-order chi connectivity index (χ1) is 11.2. The monoisotopic (exact) mass is 306 g/mol. The molecule has 0 atom stereocenters. The van der Waals surface area contributed by atoms with Crippen LogP contribution in [0.4, 0.5) is 4.39 Å². The summed E-state index contributed by atoms with van der Waals surface area (Å²) in [5.74, 6) is 0.662. The van der Waals surface area contributed by atoms with Crippen molar-refractivity contribution in [2.75, 3.05) is 0 Å². The van der Waals surface area contributed by atoms with Crippen molar-refractivity contribution in [1.29, 1.82) is 0 Å². The number of rotatable bonds is 3. The molecule has 1 N–H and O–H groups in total. The van der Waals surface area contributed by atoms with E-state index in [1.807, 2.05) is 28.9 Å². The highest BCUT2D eigenvalue weighted by Crippen LogP contribution is 2.30. The fraction of sp³-hybridized carbons (Fsp3) is 0.111. The van der Waals surface area contributed by atoms with Crippen molar-refractivity contribution in [3.8, 4) is 22.5 Å². The van der Waals surface area contributed by atoms with Crippen molar-refractivity contribution in [3.63, 3.8) is 0 Å². The Hall–Kier alpha value is -2.95. The number of benzene rings is 1. The third-order valence-corrected chi connectivity index (χ3v) is 3.88. The van der Waals surface area contributed by atoms with Crippen molar-refractivity contribution < 1.29 is 4.39 Å². The molecule has 0 spiro atoms. The molecule has 0 aliphatic carbocycles. The molecular formula is C18H15FN4. The minimum Gasteiger partial charge on any atom is -0.341 e. The average Bonchev–Trinajstić information content (AvgIpc) is 3.21. The van der Waals surface area contributed by atoms with Gasteiger partial charge < -0.3 is 9.38 Å². The number of imidazole rings is 2. The lowest BCUT2D eigenvalue weighted by Crippen LogP contribution is -1.88. The second kappa shape index (κ2) is 5.35. The lowest BCUT2D eigenvalue weighted by Gasteiger charge is -2.04. The van der Waals surface area contributed by atoms with Gasteiger partial charge in [0, 0.05) is 36.1 Å². The lowest BCUT2D eigenvalue weighted by molar-refractivity contribution is 0.628. The van der Waals surface area contributed by atoms with Crippen LogP contribution in [0, 0.1) is 5.82 Å². The number of aromatic amines is 1. The second-order valence-corrected chi connectivity index (χ2v) is 5.38. The molecule has 5 heteroatoms. The molecule has 0 saturated heterocycles. The maximum Gasteiger partial charge on any atom is 0.136 e. The van der Waals surface area contributed by atoms with Gasteiger partial charge in [0.05, 0.1) is 11.4 Å². The molecule has 23 heavy (non-hydrogen) atoms. The summed E-state index contributed by atoms with van der Waals surface area (Å²) in [5.41, 5.74) is 4.57. The van der Waals surface area contributed by atoms with Crippen LogP contribution in [-0.4, -0.2) is 19.4 Å². The summed E-state index contributed by atoms with van der Waals surface area (Å²) >= 11 is 0. The van der Waals surface area contributed by atoms with E-state index in [4.69, 9.17) is 4.98 Å². The molecule has 0 radical (unpaired) electrons. The van der Waals surface area contributed by atoms with Crippen molar-refractivity contribution in [2.24, 2.45) is 0 Å². The topological polar surface area (TPSA) is 46.0 Å². The Bertz CT molecular complexity index is 966. The van der Waals surface area contributed by atoms with E-state index in [0.717, 1.165) is 40.4 Å². The molecule has 114 valence electrons. The summed E-state index contributed by atoms with van der Waals surface area (Å²) in [6, 6.07) is 10.4. The SMILES string of the molecule is CCc1nc(-c2ccc3nccn3c2)c(-c2ccc(F)cc2)[nH]1. The van der Waals surface area contributed by atoms with Gasteiger partial charge in [-0.3, -0.25) is 0 Å². The number of nitrogens with zero attached hydrogens (tertiary/aromatic N) is 3. The lowest BCUT2D eigenvalue weighted by atomic mass is 10.1. The summed E-state index contributed by atoms with van der Waals surface area (Å²) in [5, 5.41) is 0. The highest BCUT2D eigenvalue weighted by Gasteiger charge is 2.14. The molecule has 0 aliphatic rings. The van der Waals surface area contributed by atoms with Crippen molar-refractivity contribution in [3.05, 3.63) is 66.6 Å². The third kappa shape index (κ3) is 2.40. The zero-order valence-electron chi connectivity index (χ0n) is 12.6. The highest BCUT2D eigenvalue weighted by molar-refractivity contribution is 5.78. The maximum atomic E-state index is 13.2. The van der Waals surface area contributed by atoms with Gasteiger partial charge in [-0.25, -0.2) is 14.4 Å². The number of fused-ring (bicyclic) bond motifs is 1. The number of hydrogen-bond acceptors (Lipinski definition) is 2. The molecule has 0 bridgehead atoms.